The largest absolute Gasteiger partial charge is 0.340 e. The van der Waals surface area contributed by atoms with E-state index in [1.165, 1.54) is 0 Å². The van der Waals surface area contributed by atoms with E-state index < -0.39 is 17.5 Å². The van der Waals surface area contributed by atoms with Crippen LogP contribution in [0.25, 0.3) is 0 Å². The van der Waals surface area contributed by atoms with Crippen LogP contribution >= 0.6 is 0 Å². The summed E-state index contributed by atoms with van der Waals surface area (Å²) in [5.74, 6) is 1.50. The smallest absolute Gasteiger partial charge is 0.239 e. The monoisotopic (exact) mass is 269 g/mol. The van der Waals surface area contributed by atoms with Crippen molar-refractivity contribution in [2.24, 2.45) is 5.84 Å². The summed E-state index contributed by atoms with van der Waals surface area (Å²) in [6.07, 6.45) is 0. The quantitative estimate of drug-likeness (QED) is 0.452. The molecule has 0 radical (unpaired) electrons. The van der Waals surface area contributed by atoms with Crippen LogP contribution in [0.3, 0.4) is 0 Å². The zero-order chi connectivity index (χ0) is 14.0. The Kier molecular flexibility index (Phi) is 3.52. The molecule has 0 aliphatic rings. The highest BCUT2D eigenvalue weighted by molar-refractivity contribution is 5.57. The van der Waals surface area contributed by atoms with Gasteiger partial charge in [-0.3, -0.25) is 5.43 Å². The molecule has 0 unspecified atom stereocenters. The van der Waals surface area contributed by atoms with Gasteiger partial charge >= 0.3 is 0 Å². The van der Waals surface area contributed by atoms with Gasteiger partial charge in [0.2, 0.25) is 5.95 Å². The maximum absolute atomic E-state index is 13.0. The molecule has 2 rings (SSSR count). The van der Waals surface area contributed by atoms with Crippen molar-refractivity contribution in [3.8, 4) is 0 Å². The molecule has 4 N–H and O–H groups in total. The number of halogens is 3. The second kappa shape index (κ2) is 5.11. The maximum Gasteiger partial charge on any atom is 0.239 e. The molecule has 0 saturated carbocycles. The predicted octanol–water partition coefficient (Wildman–Crippen LogP) is 2.23. The summed E-state index contributed by atoms with van der Waals surface area (Å²) >= 11 is 0. The number of anilines is 3. The Morgan fingerprint density at radius 2 is 1.68 bits per heavy atom. The maximum atomic E-state index is 13.0. The zero-order valence-electron chi connectivity index (χ0n) is 9.84. The molecule has 1 aromatic heterocycles. The molecule has 0 bridgehead atoms. The van der Waals surface area contributed by atoms with E-state index in [4.69, 9.17) is 5.84 Å². The Morgan fingerprint density at radius 3 is 2.26 bits per heavy atom. The summed E-state index contributed by atoms with van der Waals surface area (Å²) in [7, 11) is 0. The third-order valence-corrected chi connectivity index (χ3v) is 2.24. The zero-order valence-corrected chi connectivity index (χ0v) is 9.84. The number of hydrogen-bond donors (Lipinski definition) is 3. The highest BCUT2D eigenvalue weighted by Crippen LogP contribution is 2.21. The Hall–Kier alpha value is -2.35. The van der Waals surface area contributed by atoms with Crippen LogP contribution in [-0.2, 0) is 0 Å². The summed E-state index contributed by atoms with van der Waals surface area (Å²) in [5, 5.41) is 2.64. The van der Waals surface area contributed by atoms with Gasteiger partial charge in [0.25, 0.3) is 0 Å². The number of rotatable bonds is 3. The molecule has 0 aliphatic carbocycles. The summed E-state index contributed by atoms with van der Waals surface area (Å²) in [6.45, 7) is 1.69. The van der Waals surface area contributed by atoms with Gasteiger partial charge in [0.05, 0.1) is 0 Å². The van der Waals surface area contributed by atoms with Crippen LogP contribution in [0.5, 0.6) is 0 Å². The molecule has 0 saturated heterocycles. The minimum Gasteiger partial charge on any atom is -0.340 e. The van der Waals surface area contributed by atoms with E-state index in [2.05, 4.69) is 20.7 Å². The van der Waals surface area contributed by atoms with E-state index in [-0.39, 0.29) is 17.5 Å². The minimum absolute atomic E-state index is 0.0254. The first-order valence-electron chi connectivity index (χ1n) is 5.23. The molecule has 0 atom stereocenters. The number of aromatic nitrogens is 2. The van der Waals surface area contributed by atoms with E-state index in [9.17, 15) is 13.2 Å². The second-order valence-corrected chi connectivity index (χ2v) is 3.74. The summed E-state index contributed by atoms with van der Waals surface area (Å²) in [6, 6.07) is 3.19. The van der Waals surface area contributed by atoms with Crippen LogP contribution < -0.4 is 16.6 Å². The van der Waals surface area contributed by atoms with Gasteiger partial charge in [0.1, 0.15) is 5.82 Å². The lowest BCUT2D eigenvalue weighted by Gasteiger charge is -2.08. The standard InChI is InChI=1S/C11H10F3N5/c1-5-2-9(18-11(16-5)19-15)17-6-3-7(12)10(14)8(13)4-6/h2-4H,15H2,1H3,(H2,16,17,18,19). The first-order valence-corrected chi connectivity index (χ1v) is 5.23. The fourth-order valence-electron chi connectivity index (χ4n) is 1.47. The molecule has 1 aromatic carbocycles. The molecule has 19 heavy (non-hydrogen) atoms. The van der Waals surface area contributed by atoms with Gasteiger partial charge < -0.3 is 5.32 Å². The van der Waals surface area contributed by atoms with Crippen molar-refractivity contribution in [1.29, 1.82) is 0 Å². The number of hydrazine groups is 1. The number of hydrogen-bond acceptors (Lipinski definition) is 5. The van der Waals surface area contributed by atoms with Crippen molar-refractivity contribution in [2.45, 2.75) is 6.92 Å². The van der Waals surface area contributed by atoms with Crippen LogP contribution in [0.4, 0.5) is 30.6 Å². The SMILES string of the molecule is Cc1cc(Nc2cc(F)c(F)c(F)c2)nc(NN)n1. The number of nitrogen functional groups attached to an aromatic ring is 1. The molecular weight excluding hydrogens is 259 g/mol. The lowest BCUT2D eigenvalue weighted by Crippen LogP contribution is -2.12. The number of benzene rings is 1. The predicted molar refractivity (Wildman–Crippen MR) is 64.2 cm³/mol. The Balaban J connectivity index is 2.33. The van der Waals surface area contributed by atoms with Crippen LogP contribution in [0.15, 0.2) is 18.2 Å². The van der Waals surface area contributed by atoms with Gasteiger partial charge in [0, 0.05) is 29.6 Å². The first kappa shape index (κ1) is 13.1. The van der Waals surface area contributed by atoms with Crippen molar-refractivity contribution in [2.75, 3.05) is 10.7 Å². The normalized spacial score (nSPS) is 10.4. The topological polar surface area (TPSA) is 75.9 Å². The van der Waals surface area contributed by atoms with Crippen molar-refractivity contribution in [1.82, 2.24) is 9.97 Å². The van der Waals surface area contributed by atoms with E-state index in [0.717, 1.165) is 12.1 Å². The van der Waals surface area contributed by atoms with E-state index >= 15 is 0 Å². The van der Waals surface area contributed by atoms with Gasteiger partial charge in [-0.15, -0.1) is 0 Å². The summed E-state index contributed by atoms with van der Waals surface area (Å²) < 4.78 is 38.9. The van der Waals surface area contributed by atoms with Gasteiger partial charge in [-0.2, -0.15) is 4.98 Å². The average Bonchev–Trinajstić information content (AvgIpc) is 2.35. The van der Waals surface area contributed by atoms with Crippen molar-refractivity contribution in [3.63, 3.8) is 0 Å². The molecule has 0 aliphatic heterocycles. The van der Waals surface area contributed by atoms with Gasteiger partial charge in [-0.1, -0.05) is 0 Å². The lowest BCUT2D eigenvalue weighted by atomic mass is 10.3. The van der Waals surface area contributed by atoms with Crippen LogP contribution in [0.1, 0.15) is 5.69 Å². The average molecular weight is 269 g/mol. The van der Waals surface area contributed by atoms with Crippen molar-refractivity contribution < 1.29 is 13.2 Å². The van der Waals surface area contributed by atoms with Crippen LogP contribution in [0, 0.1) is 24.4 Å². The molecule has 100 valence electrons. The van der Waals surface area contributed by atoms with E-state index in [1.54, 1.807) is 13.0 Å². The number of nitrogens with zero attached hydrogens (tertiary/aromatic N) is 2. The molecule has 8 heteroatoms. The van der Waals surface area contributed by atoms with Crippen LogP contribution in [-0.4, -0.2) is 9.97 Å². The van der Waals surface area contributed by atoms with Gasteiger partial charge in [-0.05, 0) is 6.92 Å². The minimum atomic E-state index is -1.52. The molecule has 0 spiro atoms. The summed E-state index contributed by atoms with van der Waals surface area (Å²) in [5.41, 5.74) is 2.87. The molecule has 0 fully saturated rings. The van der Waals surface area contributed by atoms with Gasteiger partial charge in [-0.25, -0.2) is 24.0 Å². The first-order chi connectivity index (χ1) is 8.99. The third-order valence-electron chi connectivity index (χ3n) is 2.24. The molecule has 1 heterocycles. The number of nitrogens with one attached hydrogen (secondary N) is 2. The third kappa shape index (κ3) is 2.91. The Labute approximate surface area is 106 Å². The van der Waals surface area contributed by atoms with Crippen molar-refractivity contribution in [3.05, 3.63) is 41.3 Å². The highest BCUT2D eigenvalue weighted by atomic mass is 19.2. The fraction of sp³-hybridized carbons (Fsp3) is 0.0909. The molecule has 5 nitrogen and oxygen atoms in total. The Morgan fingerprint density at radius 1 is 1.05 bits per heavy atom. The lowest BCUT2D eigenvalue weighted by molar-refractivity contribution is 0.448. The molecular formula is C11H10F3N5. The number of nitrogens with two attached hydrogens (primary N) is 1. The Bertz CT molecular complexity index is 594. The fourth-order valence-corrected chi connectivity index (χ4v) is 1.47. The van der Waals surface area contributed by atoms with E-state index in [0.29, 0.717) is 5.69 Å². The molecule has 2 aromatic rings. The number of aryl methyl sites for hydroxylation is 1. The van der Waals surface area contributed by atoms with Gasteiger partial charge in [0.15, 0.2) is 17.5 Å². The van der Waals surface area contributed by atoms with Crippen molar-refractivity contribution >= 4 is 17.5 Å². The molecule has 0 amide bonds. The highest BCUT2D eigenvalue weighted by Gasteiger charge is 2.11. The van der Waals surface area contributed by atoms with E-state index in [1.807, 2.05) is 0 Å². The van der Waals surface area contributed by atoms with Crippen LogP contribution in [0.2, 0.25) is 0 Å². The summed E-state index contributed by atoms with van der Waals surface area (Å²) in [4.78, 5) is 7.88. The second-order valence-electron chi connectivity index (χ2n) is 3.74.